The Morgan fingerprint density at radius 2 is 1.81 bits per heavy atom. The smallest absolute Gasteiger partial charge is 0.240 e. The molecule has 0 aromatic heterocycles. The Balaban J connectivity index is 1.91. The molecular formula is C22H28N2O3. The van der Waals surface area contributed by atoms with Gasteiger partial charge in [-0.2, -0.15) is 0 Å². The number of nitrogens with one attached hydrogen (secondary N) is 1. The fourth-order valence-corrected chi connectivity index (χ4v) is 2.80. The number of hydrogen-bond acceptors (Lipinski definition) is 3. The summed E-state index contributed by atoms with van der Waals surface area (Å²) < 4.78 is 5.20. The van der Waals surface area contributed by atoms with Crippen LogP contribution in [0.1, 0.15) is 37.8 Å². The lowest BCUT2D eigenvalue weighted by atomic mass is 10.0. The van der Waals surface area contributed by atoms with Crippen molar-refractivity contribution in [2.75, 3.05) is 25.1 Å². The molecule has 0 saturated carbocycles. The van der Waals surface area contributed by atoms with Crippen LogP contribution in [-0.2, 0) is 16.0 Å². The largest absolute Gasteiger partial charge is 0.497 e. The number of methoxy groups -OCH3 is 1. The predicted octanol–water partition coefficient (Wildman–Crippen LogP) is 3.53. The third-order valence-corrected chi connectivity index (χ3v) is 4.42. The molecule has 0 unspecified atom stereocenters. The van der Waals surface area contributed by atoms with Crippen LogP contribution in [0, 0.1) is 0 Å². The Kier molecular flexibility index (Phi) is 7.41. The lowest BCUT2D eigenvalue weighted by molar-refractivity contribution is -0.123. The van der Waals surface area contributed by atoms with Crippen LogP contribution >= 0.6 is 0 Å². The number of ether oxygens (including phenoxy) is 1. The van der Waals surface area contributed by atoms with E-state index in [2.05, 4.69) is 19.2 Å². The minimum Gasteiger partial charge on any atom is -0.497 e. The van der Waals surface area contributed by atoms with Gasteiger partial charge in [0.2, 0.25) is 11.8 Å². The van der Waals surface area contributed by atoms with Crippen molar-refractivity contribution in [2.45, 2.75) is 33.1 Å². The van der Waals surface area contributed by atoms with Gasteiger partial charge in [-0.05, 0) is 47.7 Å². The van der Waals surface area contributed by atoms with Gasteiger partial charge in [-0.3, -0.25) is 9.59 Å². The van der Waals surface area contributed by atoms with E-state index < -0.39 is 0 Å². The van der Waals surface area contributed by atoms with Crippen molar-refractivity contribution in [1.29, 1.82) is 0 Å². The molecule has 0 radical (unpaired) electrons. The van der Waals surface area contributed by atoms with Crippen LogP contribution in [0.2, 0.25) is 0 Å². The minimum atomic E-state index is -0.180. The van der Waals surface area contributed by atoms with E-state index in [9.17, 15) is 9.59 Å². The van der Waals surface area contributed by atoms with Gasteiger partial charge in [0.15, 0.2) is 0 Å². The number of amides is 2. The Morgan fingerprint density at radius 3 is 2.41 bits per heavy atom. The van der Waals surface area contributed by atoms with Crippen molar-refractivity contribution in [3.8, 4) is 5.75 Å². The second-order valence-corrected chi connectivity index (χ2v) is 6.80. The molecule has 0 bridgehead atoms. The van der Waals surface area contributed by atoms with Gasteiger partial charge in [-0.15, -0.1) is 0 Å². The van der Waals surface area contributed by atoms with Crippen molar-refractivity contribution in [3.05, 3.63) is 59.7 Å². The van der Waals surface area contributed by atoms with Gasteiger partial charge >= 0.3 is 0 Å². The highest BCUT2D eigenvalue weighted by molar-refractivity contribution is 5.97. The Labute approximate surface area is 161 Å². The first-order valence-electron chi connectivity index (χ1n) is 9.18. The average molecular weight is 368 g/mol. The topological polar surface area (TPSA) is 58.6 Å². The second kappa shape index (κ2) is 9.76. The maximum Gasteiger partial charge on any atom is 0.240 e. The van der Waals surface area contributed by atoms with E-state index >= 15 is 0 Å². The van der Waals surface area contributed by atoms with Crippen LogP contribution in [0.4, 0.5) is 5.69 Å². The quantitative estimate of drug-likeness (QED) is 0.775. The highest BCUT2D eigenvalue weighted by Crippen LogP contribution is 2.20. The second-order valence-electron chi connectivity index (χ2n) is 6.80. The van der Waals surface area contributed by atoms with E-state index in [-0.39, 0.29) is 18.4 Å². The first-order chi connectivity index (χ1) is 12.9. The molecule has 2 aromatic rings. The number of benzene rings is 2. The highest BCUT2D eigenvalue weighted by atomic mass is 16.5. The molecule has 144 valence electrons. The van der Waals surface area contributed by atoms with Gasteiger partial charge in [-0.25, -0.2) is 0 Å². The van der Waals surface area contributed by atoms with E-state index in [1.165, 1.54) is 17.4 Å². The molecule has 27 heavy (non-hydrogen) atoms. The molecule has 0 heterocycles. The molecule has 2 rings (SSSR count). The van der Waals surface area contributed by atoms with Crippen LogP contribution in [0.15, 0.2) is 48.5 Å². The molecular weight excluding hydrogens is 340 g/mol. The number of carbonyl (C=O) groups excluding carboxylic acids is 2. The maximum atomic E-state index is 12.3. The van der Waals surface area contributed by atoms with Gasteiger partial charge < -0.3 is 15.0 Å². The highest BCUT2D eigenvalue weighted by Gasteiger charge is 2.15. The predicted molar refractivity (Wildman–Crippen MR) is 108 cm³/mol. The summed E-state index contributed by atoms with van der Waals surface area (Å²) in [5.41, 5.74) is 3.02. The lowest BCUT2D eigenvalue weighted by Gasteiger charge is -2.21. The number of hydrogen-bond donors (Lipinski definition) is 1. The van der Waals surface area contributed by atoms with Crippen molar-refractivity contribution < 1.29 is 14.3 Å². The fraction of sp³-hybridized carbons (Fsp3) is 0.364. The minimum absolute atomic E-state index is 0.00840. The van der Waals surface area contributed by atoms with Crippen molar-refractivity contribution in [2.24, 2.45) is 0 Å². The zero-order valence-electron chi connectivity index (χ0n) is 16.5. The number of carbonyl (C=O) groups is 2. The van der Waals surface area contributed by atoms with Gasteiger partial charge in [-0.1, -0.05) is 38.1 Å². The van der Waals surface area contributed by atoms with Crippen molar-refractivity contribution >= 4 is 17.5 Å². The number of nitrogens with zero attached hydrogens (tertiary/aromatic N) is 1. The third-order valence-electron chi connectivity index (χ3n) is 4.42. The lowest BCUT2D eigenvalue weighted by Crippen LogP contribution is -2.40. The average Bonchev–Trinajstić information content (AvgIpc) is 2.66. The SMILES string of the molecule is COc1cccc(CCNC(=O)CN(C(C)=O)c2ccc(C(C)C)cc2)c1. The molecule has 0 aliphatic rings. The number of rotatable bonds is 8. The first-order valence-corrected chi connectivity index (χ1v) is 9.18. The van der Waals surface area contributed by atoms with Crippen LogP contribution in [0.25, 0.3) is 0 Å². The molecule has 0 spiro atoms. The first kappa shape index (κ1) is 20.5. The zero-order valence-corrected chi connectivity index (χ0v) is 16.5. The summed E-state index contributed by atoms with van der Waals surface area (Å²) >= 11 is 0. The van der Waals surface area contributed by atoms with Crippen LogP contribution in [0.5, 0.6) is 5.75 Å². The van der Waals surface area contributed by atoms with E-state index in [0.717, 1.165) is 17.0 Å². The van der Waals surface area contributed by atoms with Gasteiger partial charge in [0.05, 0.1) is 7.11 Å². The molecule has 2 aromatic carbocycles. The van der Waals surface area contributed by atoms with Crippen LogP contribution in [-0.4, -0.2) is 32.0 Å². The molecule has 0 atom stereocenters. The maximum absolute atomic E-state index is 12.3. The number of anilines is 1. The van der Waals surface area contributed by atoms with Crippen molar-refractivity contribution in [1.82, 2.24) is 5.32 Å². The van der Waals surface area contributed by atoms with Gasteiger partial charge in [0.1, 0.15) is 12.3 Å². The molecule has 5 nitrogen and oxygen atoms in total. The molecule has 2 amide bonds. The summed E-state index contributed by atoms with van der Waals surface area (Å²) in [6.07, 6.45) is 0.700. The third kappa shape index (κ3) is 6.13. The Bertz CT molecular complexity index is 769. The molecule has 0 aliphatic carbocycles. The summed E-state index contributed by atoms with van der Waals surface area (Å²) in [4.78, 5) is 25.8. The van der Waals surface area contributed by atoms with E-state index in [0.29, 0.717) is 18.9 Å². The summed E-state index contributed by atoms with van der Waals surface area (Å²) in [5, 5.41) is 2.88. The van der Waals surface area contributed by atoms with Crippen LogP contribution in [0.3, 0.4) is 0 Å². The van der Waals surface area contributed by atoms with Crippen molar-refractivity contribution in [3.63, 3.8) is 0 Å². The Morgan fingerprint density at radius 1 is 1.11 bits per heavy atom. The summed E-state index contributed by atoms with van der Waals surface area (Å²) in [6, 6.07) is 15.5. The van der Waals surface area contributed by atoms with E-state index in [4.69, 9.17) is 4.74 Å². The van der Waals surface area contributed by atoms with Gasteiger partial charge in [0, 0.05) is 19.2 Å². The normalized spacial score (nSPS) is 10.6. The molecule has 0 aliphatic heterocycles. The molecule has 0 fully saturated rings. The van der Waals surface area contributed by atoms with E-state index in [1.807, 2.05) is 48.5 Å². The molecule has 5 heteroatoms. The van der Waals surface area contributed by atoms with Crippen LogP contribution < -0.4 is 15.0 Å². The summed E-state index contributed by atoms with van der Waals surface area (Å²) in [5.74, 6) is 0.882. The summed E-state index contributed by atoms with van der Waals surface area (Å²) in [6.45, 7) is 6.22. The molecule has 0 saturated heterocycles. The monoisotopic (exact) mass is 368 g/mol. The van der Waals surface area contributed by atoms with Gasteiger partial charge in [0.25, 0.3) is 0 Å². The Hall–Kier alpha value is -2.82. The zero-order chi connectivity index (χ0) is 19.8. The van der Waals surface area contributed by atoms with E-state index in [1.54, 1.807) is 7.11 Å². The fourth-order valence-electron chi connectivity index (χ4n) is 2.80. The molecule has 1 N–H and O–H groups in total. The summed E-state index contributed by atoms with van der Waals surface area (Å²) in [7, 11) is 1.63. The standard InChI is InChI=1S/C22H28N2O3/c1-16(2)19-8-10-20(11-9-19)24(17(3)25)15-22(26)23-13-12-18-6-5-7-21(14-18)27-4/h5-11,14,16H,12-13,15H2,1-4H3,(H,23,26).